The zero-order valence-corrected chi connectivity index (χ0v) is 20.6. The number of benzene rings is 1. The van der Waals surface area contributed by atoms with E-state index in [0.717, 1.165) is 56.6 Å². The van der Waals surface area contributed by atoms with E-state index in [1.807, 2.05) is 12.1 Å². The smallest absolute Gasteiger partial charge is 0.191 e. The number of guanidine groups is 1. The van der Waals surface area contributed by atoms with Gasteiger partial charge in [0.25, 0.3) is 0 Å². The Morgan fingerprint density at radius 2 is 1.71 bits per heavy atom. The second-order valence-corrected chi connectivity index (χ2v) is 7.13. The van der Waals surface area contributed by atoms with Gasteiger partial charge in [-0.3, -0.25) is 4.99 Å². The molecule has 0 saturated carbocycles. The Hall–Kier alpha value is -1.22. The summed E-state index contributed by atoms with van der Waals surface area (Å²) in [5.41, 5.74) is 1.08. The van der Waals surface area contributed by atoms with E-state index in [2.05, 4.69) is 42.5 Å². The molecule has 6 nitrogen and oxygen atoms in total. The summed E-state index contributed by atoms with van der Waals surface area (Å²) in [6.45, 7) is 9.76. The van der Waals surface area contributed by atoms with Crippen molar-refractivity contribution < 1.29 is 14.2 Å². The van der Waals surface area contributed by atoms with Gasteiger partial charge in [-0.15, -0.1) is 24.0 Å². The molecule has 162 valence electrons. The molecule has 0 aliphatic rings. The number of nitrogens with zero attached hydrogens (tertiary/aromatic N) is 1. The van der Waals surface area contributed by atoms with Gasteiger partial charge in [-0.1, -0.05) is 33.3 Å². The van der Waals surface area contributed by atoms with Crippen molar-refractivity contribution in [3.8, 4) is 11.5 Å². The first-order valence-corrected chi connectivity index (χ1v) is 9.73. The van der Waals surface area contributed by atoms with E-state index in [1.54, 1.807) is 21.3 Å². The van der Waals surface area contributed by atoms with E-state index >= 15 is 0 Å². The minimum Gasteiger partial charge on any atom is -0.493 e. The molecular formula is C21H38IN3O3. The molecule has 0 spiro atoms. The molecule has 1 aromatic rings. The molecule has 0 radical (unpaired) electrons. The minimum atomic E-state index is -0.0968. The maximum atomic E-state index is 5.58. The highest BCUT2D eigenvalue weighted by Crippen LogP contribution is 2.32. The van der Waals surface area contributed by atoms with Crippen LogP contribution in [0.4, 0.5) is 0 Å². The lowest BCUT2D eigenvalue weighted by atomic mass is 9.84. The monoisotopic (exact) mass is 507 g/mol. The Morgan fingerprint density at radius 3 is 2.32 bits per heavy atom. The molecule has 0 aliphatic heterocycles. The number of nitrogens with one attached hydrogen (secondary N) is 2. The van der Waals surface area contributed by atoms with Crippen LogP contribution >= 0.6 is 24.0 Å². The first-order chi connectivity index (χ1) is 13.0. The molecule has 0 unspecified atom stereocenters. The normalized spacial score (nSPS) is 11.6. The van der Waals surface area contributed by atoms with Crippen LogP contribution in [-0.4, -0.2) is 53.5 Å². The molecular weight excluding hydrogens is 469 g/mol. The third-order valence-electron chi connectivity index (χ3n) is 4.49. The van der Waals surface area contributed by atoms with Gasteiger partial charge >= 0.3 is 0 Å². The van der Waals surface area contributed by atoms with Crippen molar-refractivity contribution in [3.05, 3.63) is 23.8 Å². The lowest BCUT2D eigenvalue weighted by molar-refractivity contribution is 0.129. The molecule has 0 fully saturated rings. The van der Waals surface area contributed by atoms with E-state index in [4.69, 9.17) is 14.2 Å². The second-order valence-electron chi connectivity index (χ2n) is 7.13. The van der Waals surface area contributed by atoms with Crippen molar-refractivity contribution in [3.63, 3.8) is 0 Å². The Bertz CT molecular complexity index is 580. The van der Waals surface area contributed by atoms with Crippen LogP contribution in [0.15, 0.2) is 23.2 Å². The van der Waals surface area contributed by atoms with Crippen LogP contribution in [0.1, 0.15) is 45.6 Å². The number of methoxy groups -OCH3 is 2. The van der Waals surface area contributed by atoms with Crippen molar-refractivity contribution in [2.45, 2.75) is 45.4 Å². The van der Waals surface area contributed by atoms with E-state index in [-0.39, 0.29) is 29.4 Å². The zero-order valence-electron chi connectivity index (χ0n) is 18.3. The number of ether oxygens (including phenoxy) is 3. The van der Waals surface area contributed by atoms with Crippen LogP contribution in [0, 0.1) is 0 Å². The summed E-state index contributed by atoms with van der Waals surface area (Å²) < 4.78 is 16.3. The van der Waals surface area contributed by atoms with Gasteiger partial charge in [-0.2, -0.15) is 0 Å². The van der Waals surface area contributed by atoms with Crippen molar-refractivity contribution in [2.24, 2.45) is 4.99 Å². The molecule has 7 heteroatoms. The molecule has 0 amide bonds. The zero-order chi connectivity index (χ0) is 20.1. The highest BCUT2D eigenvalue weighted by molar-refractivity contribution is 14.0. The van der Waals surface area contributed by atoms with Crippen LogP contribution in [0.3, 0.4) is 0 Å². The third-order valence-corrected chi connectivity index (χ3v) is 4.49. The highest BCUT2D eigenvalue weighted by Gasteiger charge is 2.22. The number of aliphatic imine (C=N–C) groups is 1. The Balaban J connectivity index is 0.00000729. The predicted molar refractivity (Wildman–Crippen MR) is 128 cm³/mol. The van der Waals surface area contributed by atoms with Crippen LogP contribution in [0.25, 0.3) is 0 Å². The molecule has 0 saturated heterocycles. The average molecular weight is 507 g/mol. The van der Waals surface area contributed by atoms with Gasteiger partial charge in [0.1, 0.15) is 0 Å². The SMILES string of the molecule is CCCCOCCCNC(=NC)NCC(C)(C)c1ccc(OC)c(OC)c1.I. The van der Waals surface area contributed by atoms with Crippen LogP contribution in [0.2, 0.25) is 0 Å². The molecule has 0 bridgehead atoms. The second kappa shape index (κ2) is 14.7. The van der Waals surface area contributed by atoms with E-state index in [1.165, 1.54) is 12.0 Å². The van der Waals surface area contributed by atoms with Gasteiger partial charge in [0.05, 0.1) is 14.2 Å². The van der Waals surface area contributed by atoms with Gasteiger partial charge in [-0.05, 0) is 30.5 Å². The topological polar surface area (TPSA) is 64.1 Å². The summed E-state index contributed by atoms with van der Waals surface area (Å²) in [6.07, 6.45) is 3.26. The van der Waals surface area contributed by atoms with Gasteiger partial charge in [-0.25, -0.2) is 0 Å². The summed E-state index contributed by atoms with van der Waals surface area (Å²) in [5.74, 6) is 2.29. The van der Waals surface area contributed by atoms with Crippen LogP contribution in [0.5, 0.6) is 11.5 Å². The van der Waals surface area contributed by atoms with Crippen molar-refractivity contribution >= 4 is 29.9 Å². The van der Waals surface area contributed by atoms with Crippen molar-refractivity contribution in [2.75, 3.05) is 47.6 Å². The number of hydrogen-bond donors (Lipinski definition) is 2. The lowest BCUT2D eigenvalue weighted by Gasteiger charge is -2.27. The molecule has 0 heterocycles. The molecule has 0 aliphatic carbocycles. The predicted octanol–water partition coefficient (Wildman–Crippen LogP) is 3.97. The van der Waals surface area contributed by atoms with Crippen LogP contribution < -0.4 is 20.1 Å². The van der Waals surface area contributed by atoms with Gasteiger partial charge in [0.2, 0.25) is 0 Å². The van der Waals surface area contributed by atoms with Gasteiger partial charge in [0, 0.05) is 38.8 Å². The molecule has 0 aromatic heterocycles. The Labute approximate surface area is 187 Å². The van der Waals surface area contributed by atoms with Gasteiger partial charge in [0.15, 0.2) is 17.5 Å². The number of unbranched alkanes of at least 4 members (excludes halogenated alkanes) is 1. The minimum absolute atomic E-state index is 0. The lowest BCUT2D eigenvalue weighted by Crippen LogP contribution is -2.43. The number of halogens is 1. The maximum absolute atomic E-state index is 5.58. The number of hydrogen-bond acceptors (Lipinski definition) is 4. The summed E-state index contributed by atoms with van der Waals surface area (Å²) in [4.78, 5) is 4.30. The summed E-state index contributed by atoms with van der Waals surface area (Å²) >= 11 is 0. The van der Waals surface area contributed by atoms with Crippen molar-refractivity contribution in [1.29, 1.82) is 0 Å². The Morgan fingerprint density at radius 1 is 1.04 bits per heavy atom. The van der Waals surface area contributed by atoms with Gasteiger partial charge < -0.3 is 24.8 Å². The van der Waals surface area contributed by atoms with E-state index in [0.29, 0.717) is 0 Å². The van der Waals surface area contributed by atoms with Crippen molar-refractivity contribution in [1.82, 2.24) is 10.6 Å². The summed E-state index contributed by atoms with van der Waals surface area (Å²) in [6, 6.07) is 6.05. The average Bonchev–Trinajstić information content (AvgIpc) is 2.68. The summed E-state index contributed by atoms with van der Waals surface area (Å²) in [5, 5.41) is 6.75. The molecule has 28 heavy (non-hydrogen) atoms. The fourth-order valence-electron chi connectivity index (χ4n) is 2.61. The van der Waals surface area contributed by atoms with Crippen LogP contribution in [-0.2, 0) is 10.2 Å². The van der Waals surface area contributed by atoms with E-state index in [9.17, 15) is 0 Å². The molecule has 1 aromatic carbocycles. The third kappa shape index (κ3) is 9.32. The Kier molecular flexibility index (Phi) is 14.1. The number of rotatable bonds is 12. The molecule has 2 N–H and O–H groups in total. The summed E-state index contributed by atoms with van der Waals surface area (Å²) in [7, 11) is 5.09. The largest absolute Gasteiger partial charge is 0.493 e. The standard InChI is InChI=1S/C21H37N3O3.HI/c1-7-8-13-27-14-9-12-23-20(22-4)24-16-21(2,3)17-10-11-18(25-5)19(15-17)26-6;/h10-11,15H,7-9,12-14,16H2,1-6H3,(H2,22,23,24);1H. The quantitative estimate of drug-likeness (QED) is 0.194. The fraction of sp³-hybridized carbons (Fsp3) is 0.667. The van der Waals surface area contributed by atoms with E-state index < -0.39 is 0 Å². The maximum Gasteiger partial charge on any atom is 0.191 e. The first kappa shape index (κ1) is 26.8. The first-order valence-electron chi connectivity index (χ1n) is 9.73. The molecule has 0 atom stereocenters. The highest BCUT2D eigenvalue weighted by atomic mass is 127. The fourth-order valence-corrected chi connectivity index (χ4v) is 2.61. The molecule has 1 rings (SSSR count).